The summed E-state index contributed by atoms with van der Waals surface area (Å²) in [5.41, 5.74) is 0. The number of ether oxygens (including phenoxy) is 1. The average Bonchev–Trinajstić information content (AvgIpc) is 3.17. The van der Waals surface area contributed by atoms with Crippen LogP contribution in [0.15, 0.2) is 32.3 Å². The number of anilines is 1. The van der Waals surface area contributed by atoms with E-state index < -0.39 is 28.5 Å². The van der Waals surface area contributed by atoms with Crippen LogP contribution in [-0.4, -0.2) is 38.6 Å². The molecule has 1 amide bonds. The monoisotopic (exact) mass is 373 g/mol. The smallest absolute Gasteiger partial charge is 0.307 e. The predicted molar refractivity (Wildman–Crippen MR) is 85.0 cm³/mol. The van der Waals surface area contributed by atoms with Gasteiger partial charge in [0.15, 0.2) is 12.4 Å². The van der Waals surface area contributed by atoms with Gasteiger partial charge in [-0.25, -0.2) is 13.1 Å². The SMILES string of the molecule is Cc1cc(NC(=O)COC(=O)CCNS(=O)(=O)c2cccs2)no1. The third-order valence-corrected chi connectivity index (χ3v) is 5.50. The molecule has 0 spiro atoms. The number of aromatic nitrogens is 1. The molecule has 0 fully saturated rings. The second-order valence-corrected chi connectivity index (χ2v) is 7.55. The van der Waals surface area contributed by atoms with E-state index in [1.165, 1.54) is 12.1 Å². The Morgan fingerprint density at radius 2 is 2.21 bits per heavy atom. The molecule has 2 aromatic rings. The maximum Gasteiger partial charge on any atom is 0.307 e. The number of amides is 1. The van der Waals surface area contributed by atoms with Gasteiger partial charge < -0.3 is 14.6 Å². The number of nitrogens with one attached hydrogen (secondary N) is 2. The van der Waals surface area contributed by atoms with Crippen molar-refractivity contribution in [3.63, 3.8) is 0 Å². The van der Waals surface area contributed by atoms with Gasteiger partial charge in [0.25, 0.3) is 5.91 Å². The number of rotatable bonds is 8. The average molecular weight is 373 g/mol. The van der Waals surface area contributed by atoms with E-state index in [1.54, 1.807) is 18.4 Å². The van der Waals surface area contributed by atoms with Crippen LogP contribution in [0.3, 0.4) is 0 Å². The van der Waals surface area contributed by atoms with Gasteiger partial charge in [-0.15, -0.1) is 11.3 Å². The summed E-state index contributed by atoms with van der Waals surface area (Å²) < 4.78 is 35.6. The van der Waals surface area contributed by atoms with Crippen molar-refractivity contribution in [1.29, 1.82) is 0 Å². The van der Waals surface area contributed by atoms with E-state index in [4.69, 9.17) is 9.26 Å². The van der Waals surface area contributed by atoms with E-state index in [2.05, 4.69) is 15.2 Å². The van der Waals surface area contributed by atoms with Crippen LogP contribution in [0.4, 0.5) is 5.82 Å². The Kier molecular flexibility index (Phi) is 6.06. The first kappa shape index (κ1) is 18.1. The van der Waals surface area contributed by atoms with Crippen LogP contribution in [0, 0.1) is 6.92 Å². The highest BCUT2D eigenvalue weighted by Gasteiger charge is 2.16. The molecule has 2 rings (SSSR count). The summed E-state index contributed by atoms with van der Waals surface area (Å²) in [4.78, 5) is 23.0. The van der Waals surface area contributed by atoms with E-state index in [0.717, 1.165) is 11.3 Å². The predicted octanol–water partition coefficient (Wildman–Crippen LogP) is 0.895. The lowest BCUT2D eigenvalue weighted by Crippen LogP contribution is -2.27. The van der Waals surface area contributed by atoms with Crippen molar-refractivity contribution < 1.29 is 27.3 Å². The van der Waals surface area contributed by atoms with Gasteiger partial charge in [-0.1, -0.05) is 11.2 Å². The lowest BCUT2D eigenvalue weighted by molar-refractivity contribution is -0.147. The van der Waals surface area contributed by atoms with E-state index >= 15 is 0 Å². The fourth-order valence-electron chi connectivity index (χ4n) is 1.60. The van der Waals surface area contributed by atoms with Crippen LogP contribution in [0.5, 0.6) is 0 Å². The second kappa shape index (κ2) is 8.04. The van der Waals surface area contributed by atoms with E-state index in [9.17, 15) is 18.0 Å². The molecule has 130 valence electrons. The molecule has 0 saturated carbocycles. The molecule has 2 N–H and O–H groups in total. The molecule has 0 aliphatic rings. The largest absolute Gasteiger partial charge is 0.456 e. The van der Waals surface area contributed by atoms with Gasteiger partial charge in [-0.2, -0.15) is 0 Å². The van der Waals surface area contributed by atoms with Crippen LogP contribution in [0.1, 0.15) is 12.2 Å². The summed E-state index contributed by atoms with van der Waals surface area (Å²) in [7, 11) is -3.62. The normalized spacial score (nSPS) is 11.2. The molecule has 0 aromatic carbocycles. The fourth-order valence-corrected chi connectivity index (χ4v) is 3.67. The number of esters is 1. The zero-order valence-corrected chi connectivity index (χ0v) is 14.3. The van der Waals surface area contributed by atoms with Crippen molar-refractivity contribution in [1.82, 2.24) is 9.88 Å². The molecule has 0 radical (unpaired) electrons. The van der Waals surface area contributed by atoms with Crippen molar-refractivity contribution in [2.24, 2.45) is 0 Å². The number of hydrogen-bond donors (Lipinski definition) is 2. The Morgan fingerprint density at radius 1 is 1.42 bits per heavy atom. The van der Waals surface area contributed by atoms with Gasteiger partial charge in [0.1, 0.15) is 9.97 Å². The summed E-state index contributed by atoms with van der Waals surface area (Å²) in [6.07, 6.45) is -0.193. The number of hydrogen-bond acceptors (Lipinski definition) is 8. The second-order valence-electron chi connectivity index (χ2n) is 4.61. The van der Waals surface area contributed by atoms with Crippen LogP contribution in [0.25, 0.3) is 0 Å². The molecular formula is C13H15N3O6S2. The van der Waals surface area contributed by atoms with Crippen molar-refractivity contribution in [3.05, 3.63) is 29.3 Å². The van der Waals surface area contributed by atoms with Crippen molar-refractivity contribution >= 4 is 39.1 Å². The standard InChI is InChI=1S/C13H15N3O6S2/c1-9-7-10(16-22-9)15-11(17)8-21-12(18)4-5-14-24(19,20)13-3-2-6-23-13/h2-3,6-7,14H,4-5,8H2,1H3,(H,15,16,17). The minimum Gasteiger partial charge on any atom is -0.456 e. The minimum atomic E-state index is -3.62. The third kappa shape index (κ3) is 5.44. The van der Waals surface area contributed by atoms with Gasteiger partial charge >= 0.3 is 5.97 Å². The minimum absolute atomic E-state index is 0.122. The van der Waals surface area contributed by atoms with Crippen LogP contribution >= 0.6 is 11.3 Å². The zero-order chi connectivity index (χ0) is 17.6. The summed E-state index contributed by atoms with van der Waals surface area (Å²) in [5.74, 6) is -0.524. The summed E-state index contributed by atoms with van der Waals surface area (Å²) in [6, 6.07) is 4.59. The molecule has 0 saturated heterocycles. The Bertz CT molecular complexity index is 798. The maximum atomic E-state index is 11.8. The first-order valence-corrected chi connectivity index (χ1v) is 9.15. The highest BCUT2D eigenvalue weighted by molar-refractivity contribution is 7.91. The third-order valence-electron chi connectivity index (χ3n) is 2.64. The first-order valence-electron chi connectivity index (χ1n) is 6.79. The lowest BCUT2D eigenvalue weighted by atomic mass is 10.4. The van der Waals surface area contributed by atoms with Crippen molar-refractivity contribution in [2.75, 3.05) is 18.5 Å². The van der Waals surface area contributed by atoms with Crippen molar-refractivity contribution in [2.45, 2.75) is 17.6 Å². The molecule has 0 aliphatic heterocycles. The van der Waals surface area contributed by atoms with Gasteiger partial charge in [0, 0.05) is 12.6 Å². The van der Waals surface area contributed by atoms with Crippen LogP contribution in [-0.2, 0) is 24.3 Å². The van der Waals surface area contributed by atoms with Crippen LogP contribution in [0.2, 0.25) is 0 Å². The molecule has 0 unspecified atom stereocenters. The highest BCUT2D eigenvalue weighted by Crippen LogP contribution is 2.15. The Hall–Kier alpha value is -2.24. The summed E-state index contributed by atoms with van der Waals surface area (Å²) >= 11 is 1.07. The molecular weight excluding hydrogens is 358 g/mol. The number of aryl methyl sites for hydroxylation is 1. The number of sulfonamides is 1. The Balaban J connectivity index is 1.67. The number of carbonyl (C=O) groups excluding carboxylic acids is 2. The summed E-state index contributed by atoms with van der Waals surface area (Å²) in [6.45, 7) is 1.05. The Labute approximate surface area is 142 Å². The van der Waals surface area contributed by atoms with Gasteiger partial charge in [-0.05, 0) is 18.4 Å². The highest BCUT2D eigenvalue weighted by atomic mass is 32.2. The molecule has 0 aliphatic carbocycles. The molecule has 11 heteroatoms. The summed E-state index contributed by atoms with van der Waals surface area (Å²) in [5, 5.41) is 7.58. The first-order chi connectivity index (χ1) is 11.4. The number of carbonyl (C=O) groups is 2. The van der Waals surface area contributed by atoms with Gasteiger partial charge in [-0.3, -0.25) is 9.59 Å². The topological polar surface area (TPSA) is 128 Å². The van der Waals surface area contributed by atoms with Crippen LogP contribution < -0.4 is 10.0 Å². The quantitative estimate of drug-likeness (QED) is 0.658. The molecule has 2 heterocycles. The van der Waals surface area contributed by atoms with E-state index in [1.807, 2.05) is 0 Å². The fraction of sp³-hybridized carbons (Fsp3) is 0.308. The Morgan fingerprint density at radius 3 is 2.83 bits per heavy atom. The number of nitrogens with zero attached hydrogens (tertiary/aromatic N) is 1. The van der Waals surface area contributed by atoms with Crippen molar-refractivity contribution in [3.8, 4) is 0 Å². The molecule has 9 nitrogen and oxygen atoms in total. The van der Waals surface area contributed by atoms with E-state index in [-0.39, 0.29) is 23.0 Å². The number of thiophene rings is 1. The molecule has 0 atom stereocenters. The van der Waals surface area contributed by atoms with Gasteiger partial charge in [0.2, 0.25) is 10.0 Å². The van der Waals surface area contributed by atoms with Gasteiger partial charge in [0.05, 0.1) is 6.42 Å². The zero-order valence-electron chi connectivity index (χ0n) is 12.6. The van der Waals surface area contributed by atoms with E-state index in [0.29, 0.717) is 5.76 Å². The maximum absolute atomic E-state index is 11.8. The lowest BCUT2D eigenvalue weighted by Gasteiger charge is -2.06. The molecule has 0 bridgehead atoms. The molecule has 2 aromatic heterocycles. The molecule has 24 heavy (non-hydrogen) atoms.